The maximum absolute atomic E-state index is 5.90. The van der Waals surface area contributed by atoms with Crippen LogP contribution in [0.15, 0.2) is 11.4 Å². The van der Waals surface area contributed by atoms with Gasteiger partial charge in [-0.2, -0.15) is 0 Å². The minimum absolute atomic E-state index is 0.408. The van der Waals surface area contributed by atoms with E-state index in [2.05, 4.69) is 33.7 Å². The summed E-state index contributed by atoms with van der Waals surface area (Å²) in [5, 5.41) is 6.47. The Morgan fingerprint density at radius 3 is 3.00 bits per heavy atom. The van der Waals surface area contributed by atoms with Crippen molar-refractivity contribution < 1.29 is 4.74 Å². The molecule has 0 aliphatic heterocycles. The van der Waals surface area contributed by atoms with Gasteiger partial charge in [0.2, 0.25) is 0 Å². The zero-order valence-electron chi connectivity index (χ0n) is 11.2. The normalized spacial score (nSPS) is 16.3. The predicted octanol–water partition coefficient (Wildman–Crippen LogP) is 3.58. The summed E-state index contributed by atoms with van der Waals surface area (Å²) in [6.45, 7) is 3.47. The number of nitrogens with one attached hydrogen (secondary N) is 1. The SMILES string of the molecule is CCNc1nc(COC2CCCC2)nc2sccc12. The Hall–Kier alpha value is -1.20. The molecule has 1 aliphatic carbocycles. The predicted molar refractivity (Wildman–Crippen MR) is 78.6 cm³/mol. The molecule has 0 radical (unpaired) electrons. The van der Waals surface area contributed by atoms with Crippen molar-refractivity contribution in [2.24, 2.45) is 0 Å². The van der Waals surface area contributed by atoms with E-state index in [0.717, 1.165) is 28.4 Å². The average Bonchev–Trinajstić information content (AvgIpc) is 3.08. The Morgan fingerprint density at radius 1 is 1.37 bits per heavy atom. The number of fused-ring (bicyclic) bond motifs is 1. The molecule has 0 aromatic carbocycles. The molecule has 19 heavy (non-hydrogen) atoms. The second kappa shape index (κ2) is 5.84. The van der Waals surface area contributed by atoms with Crippen LogP contribution < -0.4 is 5.32 Å². The fourth-order valence-corrected chi connectivity index (χ4v) is 3.30. The summed E-state index contributed by atoms with van der Waals surface area (Å²) in [7, 11) is 0. The highest BCUT2D eigenvalue weighted by molar-refractivity contribution is 7.16. The highest BCUT2D eigenvalue weighted by Gasteiger charge is 2.16. The van der Waals surface area contributed by atoms with Gasteiger partial charge in [-0.3, -0.25) is 0 Å². The summed E-state index contributed by atoms with van der Waals surface area (Å²) >= 11 is 1.65. The van der Waals surface area contributed by atoms with Crippen LogP contribution >= 0.6 is 11.3 Å². The molecule has 1 aliphatic rings. The largest absolute Gasteiger partial charge is 0.370 e. The first-order valence-electron chi connectivity index (χ1n) is 6.96. The van der Waals surface area contributed by atoms with E-state index in [1.807, 2.05) is 0 Å². The van der Waals surface area contributed by atoms with Crippen LogP contribution in [0.4, 0.5) is 5.82 Å². The molecule has 2 heterocycles. The number of hydrogen-bond donors (Lipinski definition) is 1. The van der Waals surface area contributed by atoms with Gasteiger partial charge >= 0.3 is 0 Å². The molecule has 1 saturated carbocycles. The Kier molecular flexibility index (Phi) is 3.94. The Morgan fingerprint density at radius 2 is 2.21 bits per heavy atom. The van der Waals surface area contributed by atoms with Crippen LogP contribution in [0.2, 0.25) is 0 Å². The maximum atomic E-state index is 5.90. The van der Waals surface area contributed by atoms with Crippen LogP contribution in [0.25, 0.3) is 10.2 Å². The third-order valence-electron chi connectivity index (χ3n) is 3.47. The Labute approximate surface area is 117 Å². The first-order valence-corrected chi connectivity index (χ1v) is 7.84. The number of rotatable bonds is 5. The van der Waals surface area contributed by atoms with Gasteiger partial charge in [-0.15, -0.1) is 11.3 Å². The van der Waals surface area contributed by atoms with Crippen molar-refractivity contribution >= 4 is 27.4 Å². The summed E-state index contributed by atoms with van der Waals surface area (Å²) in [6, 6.07) is 2.07. The van der Waals surface area contributed by atoms with E-state index in [9.17, 15) is 0 Å². The lowest BCUT2D eigenvalue weighted by molar-refractivity contribution is 0.0419. The minimum atomic E-state index is 0.408. The number of ether oxygens (including phenoxy) is 1. The van der Waals surface area contributed by atoms with Crippen molar-refractivity contribution in [2.45, 2.75) is 45.3 Å². The van der Waals surface area contributed by atoms with Gasteiger partial charge in [0.15, 0.2) is 5.82 Å². The van der Waals surface area contributed by atoms with Crippen molar-refractivity contribution in [3.8, 4) is 0 Å². The zero-order valence-corrected chi connectivity index (χ0v) is 12.0. The number of nitrogens with zero attached hydrogens (tertiary/aromatic N) is 2. The Balaban J connectivity index is 1.78. The van der Waals surface area contributed by atoms with Crippen molar-refractivity contribution in [1.82, 2.24) is 9.97 Å². The molecule has 0 atom stereocenters. The summed E-state index contributed by atoms with van der Waals surface area (Å²) in [5.74, 6) is 1.72. The molecule has 2 aromatic rings. The van der Waals surface area contributed by atoms with Crippen LogP contribution in [0, 0.1) is 0 Å². The van der Waals surface area contributed by atoms with Gasteiger partial charge in [0.05, 0.1) is 11.5 Å². The number of aromatic nitrogens is 2. The molecular formula is C14H19N3OS. The van der Waals surface area contributed by atoms with Gasteiger partial charge in [0, 0.05) is 6.54 Å². The lowest BCUT2D eigenvalue weighted by Gasteiger charge is -2.11. The summed E-state index contributed by atoms with van der Waals surface area (Å²) in [6.07, 6.45) is 5.35. The molecule has 0 unspecified atom stereocenters. The highest BCUT2D eigenvalue weighted by atomic mass is 32.1. The summed E-state index contributed by atoms with van der Waals surface area (Å²) in [4.78, 5) is 10.2. The standard InChI is InChI=1S/C14H19N3OS/c1-2-15-13-11-7-8-19-14(11)17-12(16-13)9-18-10-5-3-4-6-10/h7-8,10H,2-6,9H2,1H3,(H,15,16,17). The van der Waals surface area contributed by atoms with Crippen LogP contribution in [-0.2, 0) is 11.3 Å². The summed E-state index contributed by atoms with van der Waals surface area (Å²) < 4.78 is 5.90. The monoisotopic (exact) mass is 277 g/mol. The molecule has 0 bridgehead atoms. The van der Waals surface area contributed by atoms with Crippen LogP contribution in [-0.4, -0.2) is 22.6 Å². The number of anilines is 1. The smallest absolute Gasteiger partial charge is 0.158 e. The van der Waals surface area contributed by atoms with Crippen LogP contribution in [0.1, 0.15) is 38.4 Å². The second-order valence-electron chi connectivity index (χ2n) is 4.88. The van der Waals surface area contributed by atoms with E-state index in [0.29, 0.717) is 12.7 Å². The molecule has 102 valence electrons. The molecule has 3 rings (SSSR count). The van der Waals surface area contributed by atoms with Crippen LogP contribution in [0.5, 0.6) is 0 Å². The molecule has 4 nitrogen and oxygen atoms in total. The maximum Gasteiger partial charge on any atom is 0.158 e. The first-order chi connectivity index (χ1) is 9.36. The fourth-order valence-electron chi connectivity index (χ4n) is 2.51. The molecule has 0 amide bonds. The Bertz CT molecular complexity index is 549. The van der Waals surface area contributed by atoms with Gasteiger partial charge in [-0.05, 0) is 31.2 Å². The van der Waals surface area contributed by atoms with Gasteiger partial charge in [0.25, 0.3) is 0 Å². The number of hydrogen-bond acceptors (Lipinski definition) is 5. The molecular weight excluding hydrogens is 258 g/mol. The van der Waals surface area contributed by atoms with Crippen LogP contribution in [0.3, 0.4) is 0 Å². The van der Waals surface area contributed by atoms with E-state index in [1.54, 1.807) is 11.3 Å². The topological polar surface area (TPSA) is 47.0 Å². The molecule has 0 spiro atoms. The highest BCUT2D eigenvalue weighted by Crippen LogP contribution is 2.26. The van der Waals surface area contributed by atoms with E-state index in [-0.39, 0.29) is 0 Å². The second-order valence-corrected chi connectivity index (χ2v) is 5.77. The molecule has 1 fully saturated rings. The molecule has 2 aromatic heterocycles. The van der Waals surface area contributed by atoms with Gasteiger partial charge < -0.3 is 10.1 Å². The van der Waals surface area contributed by atoms with Crippen molar-refractivity contribution in [1.29, 1.82) is 0 Å². The van der Waals surface area contributed by atoms with Gasteiger partial charge in [-0.25, -0.2) is 9.97 Å². The van der Waals surface area contributed by atoms with E-state index < -0.39 is 0 Å². The first kappa shape index (κ1) is 12.8. The third kappa shape index (κ3) is 2.87. The zero-order chi connectivity index (χ0) is 13.1. The van der Waals surface area contributed by atoms with Crippen molar-refractivity contribution in [3.63, 3.8) is 0 Å². The number of thiophene rings is 1. The fraction of sp³-hybridized carbons (Fsp3) is 0.571. The van der Waals surface area contributed by atoms with E-state index >= 15 is 0 Å². The van der Waals surface area contributed by atoms with E-state index in [4.69, 9.17) is 4.74 Å². The van der Waals surface area contributed by atoms with E-state index in [1.165, 1.54) is 25.7 Å². The van der Waals surface area contributed by atoms with Crippen molar-refractivity contribution in [2.75, 3.05) is 11.9 Å². The summed E-state index contributed by atoms with van der Waals surface area (Å²) in [5.41, 5.74) is 0. The van der Waals surface area contributed by atoms with Gasteiger partial charge in [0.1, 0.15) is 17.3 Å². The van der Waals surface area contributed by atoms with Gasteiger partial charge in [-0.1, -0.05) is 12.8 Å². The lowest BCUT2D eigenvalue weighted by atomic mass is 10.3. The molecule has 5 heteroatoms. The minimum Gasteiger partial charge on any atom is -0.370 e. The van der Waals surface area contributed by atoms with Crippen molar-refractivity contribution in [3.05, 3.63) is 17.3 Å². The molecule has 0 saturated heterocycles. The average molecular weight is 277 g/mol. The third-order valence-corrected chi connectivity index (χ3v) is 4.27. The quantitative estimate of drug-likeness (QED) is 0.907. The lowest BCUT2D eigenvalue weighted by Crippen LogP contribution is -2.10. The molecule has 1 N–H and O–H groups in total.